The molecule has 16 heavy (non-hydrogen) atoms. The van der Waals surface area contributed by atoms with E-state index < -0.39 is 5.69 Å². The van der Waals surface area contributed by atoms with Gasteiger partial charge in [-0.25, -0.2) is 9.78 Å². The van der Waals surface area contributed by atoms with Crippen LogP contribution in [0.25, 0.3) is 0 Å². The molecule has 0 unspecified atom stereocenters. The number of nitrogens with one attached hydrogen (secondary N) is 1. The van der Waals surface area contributed by atoms with E-state index in [2.05, 4.69) is 9.97 Å². The van der Waals surface area contributed by atoms with Gasteiger partial charge in [-0.05, 0) is 11.6 Å². The van der Waals surface area contributed by atoms with Gasteiger partial charge in [-0.2, -0.15) is 0 Å². The van der Waals surface area contributed by atoms with Crippen molar-refractivity contribution in [2.24, 2.45) is 0 Å². The van der Waals surface area contributed by atoms with Gasteiger partial charge in [0.15, 0.2) is 0 Å². The zero-order valence-corrected chi connectivity index (χ0v) is 9.16. The number of halogens is 1. The standard InChI is InChI=1S/C11H10ClN3O/c12-9-4-2-1-3-7(9)5-8-6-14-11(16)15-10(8)13/h1-4,6H,5H2,(H3,13,14,15,16). The van der Waals surface area contributed by atoms with E-state index in [0.29, 0.717) is 17.3 Å². The van der Waals surface area contributed by atoms with E-state index in [1.807, 2.05) is 24.3 Å². The molecule has 2 aromatic rings. The lowest BCUT2D eigenvalue weighted by molar-refractivity contribution is 1.03. The van der Waals surface area contributed by atoms with Crippen molar-refractivity contribution >= 4 is 17.4 Å². The van der Waals surface area contributed by atoms with Crippen LogP contribution in [0.2, 0.25) is 5.02 Å². The Morgan fingerprint density at radius 1 is 1.31 bits per heavy atom. The first kappa shape index (κ1) is 10.7. The van der Waals surface area contributed by atoms with Gasteiger partial charge in [0, 0.05) is 23.2 Å². The summed E-state index contributed by atoms with van der Waals surface area (Å²) in [6, 6.07) is 7.48. The van der Waals surface area contributed by atoms with E-state index in [1.54, 1.807) is 0 Å². The molecule has 0 saturated carbocycles. The third kappa shape index (κ3) is 2.23. The average Bonchev–Trinajstić information content (AvgIpc) is 2.25. The van der Waals surface area contributed by atoms with E-state index in [0.717, 1.165) is 11.1 Å². The lowest BCUT2D eigenvalue weighted by Crippen LogP contribution is -2.14. The Morgan fingerprint density at radius 2 is 2.06 bits per heavy atom. The number of aromatic amines is 1. The maximum Gasteiger partial charge on any atom is 0.346 e. The van der Waals surface area contributed by atoms with Crippen molar-refractivity contribution in [2.75, 3.05) is 5.73 Å². The van der Waals surface area contributed by atoms with Crippen LogP contribution in [0.1, 0.15) is 11.1 Å². The Kier molecular flexibility index (Phi) is 2.92. The molecular weight excluding hydrogens is 226 g/mol. The van der Waals surface area contributed by atoms with E-state index >= 15 is 0 Å². The van der Waals surface area contributed by atoms with Crippen LogP contribution in [0.5, 0.6) is 0 Å². The maximum absolute atomic E-state index is 10.9. The van der Waals surface area contributed by atoms with E-state index in [1.165, 1.54) is 6.20 Å². The lowest BCUT2D eigenvalue weighted by Gasteiger charge is -2.05. The summed E-state index contributed by atoms with van der Waals surface area (Å²) >= 11 is 6.02. The largest absolute Gasteiger partial charge is 0.385 e. The Hall–Kier alpha value is -1.81. The topological polar surface area (TPSA) is 71.8 Å². The summed E-state index contributed by atoms with van der Waals surface area (Å²) in [5, 5.41) is 0.674. The number of benzene rings is 1. The molecule has 4 nitrogen and oxygen atoms in total. The fourth-order valence-electron chi connectivity index (χ4n) is 1.42. The highest BCUT2D eigenvalue weighted by molar-refractivity contribution is 6.31. The fourth-order valence-corrected chi connectivity index (χ4v) is 1.62. The molecule has 82 valence electrons. The lowest BCUT2D eigenvalue weighted by atomic mass is 10.1. The minimum absolute atomic E-state index is 0.333. The third-order valence-corrected chi connectivity index (χ3v) is 2.63. The van der Waals surface area contributed by atoms with E-state index in [4.69, 9.17) is 17.3 Å². The summed E-state index contributed by atoms with van der Waals surface area (Å²) in [5.74, 6) is 0.333. The van der Waals surface area contributed by atoms with Gasteiger partial charge < -0.3 is 5.73 Å². The molecular formula is C11H10ClN3O. The van der Waals surface area contributed by atoms with Crippen molar-refractivity contribution in [2.45, 2.75) is 6.42 Å². The summed E-state index contributed by atoms with van der Waals surface area (Å²) in [7, 11) is 0. The zero-order chi connectivity index (χ0) is 11.5. The van der Waals surface area contributed by atoms with Crippen molar-refractivity contribution in [3.05, 3.63) is 57.1 Å². The number of aromatic nitrogens is 2. The van der Waals surface area contributed by atoms with Gasteiger partial charge in [0.2, 0.25) is 0 Å². The molecule has 1 aromatic heterocycles. The quantitative estimate of drug-likeness (QED) is 0.831. The molecule has 0 spiro atoms. The second kappa shape index (κ2) is 4.37. The number of nitrogens with two attached hydrogens (primary N) is 1. The highest BCUT2D eigenvalue weighted by Crippen LogP contribution is 2.19. The summed E-state index contributed by atoms with van der Waals surface area (Å²) in [6.45, 7) is 0. The van der Waals surface area contributed by atoms with Crippen molar-refractivity contribution in [1.82, 2.24) is 9.97 Å². The highest BCUT2D eigenvalue weighted by Gasteiger charge is 2.05. The van der Waals surface area contributed by atoms with Crippen LogP contribution in [-0.2, 0) is 6.42 Å². The molecule has 0 fully saturated rings. The summed E-state index contributed by atoms with van der Waals surface area (Å²) in [6.07, 6.45) is 2.02. The molecule has 3 N–H and O–H groups in total. The normalized spacial score (nSPS) is 10.3. The number of hydrogen-bond acceptors (Lipinski definition) is 3. The molecule has 0 bridgehead atoms. The number of rotatable bonds is 2. The summed E-state index contributed by atoms with van der Waals surface area (Å²) in [4.78, 5) is 17.0. The molecule has 5 heteroatoms. The molecule has 0 aliphatic rings. The predicted molar refractivity (Wildman–Crippen MR) is 63.5 cm³/mol. The fraction of sp³-hybridized carbons (Fsp3) is 0.0909. The number of H-pyrrole nitrogens is 1. The molecule has 0 aliphatic heterocycles. The van der Waals surface area contributed by atoms with Crippen molar-refractivity contribution in [3.8, 4) is 0 Å². The van der Waals surface area contributed by atoms with Gasteiger partial charge in [0.25, 0.3) is 0 Å². The number of nitrogen functional groups attached to an aromatic ring is 1. The molecule has 1 aromatic carbocycles. The molecule has 0 saturated heterocycles. The van der Waals surface area contributed by atoms with Gasteiger partial charge in [0.05, 0.1) is 0 Å². The monoisotopic (exact) mass is 235 g/mol. The van der Waals surface area contributed by atoms with Crippen molar-refractivity contribution in [1.29, 1.82) is 0 Å². The number of nitrogens with zero attached hydrogens (tertiary/aromatic N) is 1. The average molecular weight is 236 g/mol. The molecule has 0 atom stereocenters. The van der Waals surface area contributed by atoms with Crippen LogP contribution >= 0.6 is 11.6 Å². The third-order valence-electron chi connectivity index (χ3n) is 2.26. The highest BCUT2D eigenvalue weighted by atomic mass is 35.5. The second-order valence-electron chi connectivity index (χ2n) is 3.40. The molecule has 0 aliphatic carbocycles. The van der Waals surface area contributed by atoms with Crippen molar-refractivity contribution < 1.29 is 0 Å². The van der Waals surface area contributed by atoms with Crippen LogP contribution in [0.4, 0.5) is 5.82 Å². The minimum Gasteiger partial charge on any atom is -0.385 e. The van der Waals surface area contributed by atoms with Crippen LogP contribution < -0.4 is 11.4 Å². The Labute approximate surface area is 97.1 Å². The first-order valence-electron chi connectivity index (χ1n) is 4.74. The number of hydrogen-bond donors (Lipinski definition) is 2. The zero-order valence-electron chi connectivity index (χ0n) is 8.40. The molecule has 1 heterocycles. The van der Waals surface area contributed by atoms with Crippen LogP contribution in [-0.4, -0.2) is 9.97 Å². The predicted octanol–water partition coefficient (Wildman–Crippen LogP) is 1.60. The van der Waals surface area contributed by atoms with Gasteiger partial charge in [-0.3, -0.25) is 4.98 Å². The van der Waals surface area contributed by atoms with Gasteiger partial charge in [-0.1, -0.05) is 29.8 Å². The first-order valence-corrected chi connectivity index (χ1v) is 5.11. The van der Waals surface area contributed by atoms with E-state index in [9.17, 15) is 4.79 Å². The van der Waals surface area contributed by atoms with Crippen LogP contribution in [0, 0.1) is 0 Å². The SMILES string of the molecule is Nc1[nH]c(=O)ncc1Cc1ccccc1Cl. The minimum atomic E-state index is -0.444. The summed E-state index contributed by atoms with van der Waals surface area (Å²) < 4.78 is 0. The van der Waals surface area contributed by atoms with Crippen LogP contribution in [0.15, 0.2) is 35.3 Å². The first-order chi connectivity index (χ1) is 7.66. The maximum atomic E-state index is 10.9. The van der Waals surface area contributed by atoms with Crippen LogP contribution in [0.3, 0.4) is 0 Å². The second-order valence-corrected chi connectivity index (χ2v) is 3.80. The number of anilines is 1. The van der Waals surface area contributed by atoms with Gasteiger partial charge >= 0.3 is 5.69 Å². The van der Waals surface area contributed by atoms with Gasteiger partial charge in [-0.15, -0.1) is 0 Å². The summed E-state index contributed by atoms with van der Waals surface area (Å²) in [5.41, 5.74) is 6.94. The molecule has 2 rings (SSSR count). The molecule has 0 amide bonds. The van der Waals surface area contributed by atoms with Gasteiger partial charge in [0.1, 0.15) is 5.82 Å². The van der Waals surface area contributed by atoms with Crippen molar-refractivity contribution in [3.63, 3.8) is 0 Å². The van der Waals surface area contributed by atoms with E-state index in [-0.39, 0.29) is 0 Å². The molecule has 0 radical (unpaired) electrons. The smallest absolute Gasteiger partial charge is 0.346 e. The Bertz CT molecular complexity index is 565. The Morgan fingerprint density at radius 3 is 2.75 bits per heavy atom. The Balaban J connectivity index is 2.34.